The molecule has 0 atom stereocenters. The first-order chi connectivity index (χ1) is 8.16. The lowest BCUT2D eigenvalue weighted by Gasteiger charge is -2.20. The molecule has 0 aliphatic heterocycles. The van der Waals surface area contributed by atoms with Gasteiger partial charge in [0.05, 0.1) is 0 Å². The lowest BCUT2D eigenvalue weighted by molar-refractivity contribution is 0.338. The molecular weight excluding hydrogens is 208 g/mol. The summed E-state index contributed by atoms with van der Waals surface area (Å²) in [5.74, 6) is 0.801. The zero-order valence-electron chi connectivity index (χ0n) is 11.0. The van der Waals surface area contributed by atoms with Crippen LogP contribution in [0.4, 0.5) is 0 Å². The van der Waals surface area contributed by atoms with Crippen molar-refractivity contribution in [1.82, 2.24) is 5.32 Å². The third kappa shape index (κ3) is 3.08. The van der Waals surface area contributed by atoms with Crippen LogP contribution in [-0.4, -0.2) is 6.54 Å². The topological polar surface area (TPSA) is 38.0 Å². The maximum Gasteiger partial charge on any atom is 0.0205 e. The predicted octanol–water partition coefficient (Wildman–Crippen LogP) is 2.67. The summed E-state index contributed by atoms with van der Waals surface area (Å²) >= 11 is 0. The summed E-state index contributed by atoms with van der Waals surface area (Å²) in [6.07, 6.45) is 2.79. The van der Waals surface area contributed by atoms with Crippen molar-refractivity contribution in [3.8, 4) is 0 Å². The standard InChI is InChI=1S/C15H24N2/c1-12(2)15(7-8-15)11-17-10-14-5-3-13(9-16)4-6-14/h3-6,12,17H,7-11,16H2,1-2H3. The fraction of sp³-hybridized carbons (Fsp3) is 0.600. The fourth-order valence-electron chi connectivity index (χ4n) is 2.37. The highest BCUT2D eigenvalue weighted by molar-refractivity contribution is 5.22. The van der Waals surface area contributed by atoms with Crippen LogP contribution in [0.15, 0.2) is 24.3 Å². The number of nitrogens with two attached hydrogens (primary N) is 1. The summed E-state index contributed by atoms with van der Waals surface area (Å²) in [7, 11) is 0. The molecule has 3 N–H and O–H groups in total. The molecule has 1 fully saturated rings. The van der Waals surface area contributed by atoms with Gasteiger partial charge in [0.15, 0.2) is 0 Å². The van der Waals surface area contributed by atoms with E-state index in [9.17, 15) is 0 Å². The van der Waals surface area contributed by atoms with Gasteiger partial charge in [-0.3, -0.25) is 0 Å². The Morgan fingerprint density at radius 3 is 2.24 bits per heavy atom. The van der Waals surface area contributed by atoms with Crippen LogP contribution >= 0.6 is 0 Å². The Morgan fingerprint density at radius 2 is 1.76 bits per heavy atom. The maximum atomic E-state index is 5.58. The van der Waals surface area contributed by atoms with Gasteiger partial charge in [-0.15, -0.1) is 0 Å². The molecule has 2 nitrogen and oxygen atoms in total. The average molecular weight is 232 g/mol. The molecule has 94 valence electrons. The van der Waals surface area contributed by atoms with Crippen LogP contribution in [0.1, 0.15) is 37.8 Å². The largest absolute Gasteiger partial charge is 0.326 e. The van der Waals surface area contributed by atoms with Gasteiger partial charge in [-0.05, 0) is 35.3 Å². The van der Waals surface area contributed by atoms with Gasteiger partial charge in [-0.1, -0.05) is 38.1 Å². The maximum absolute atomic E-state index is 5.58. The lowest BCUT2D eigenvalue weighted by Crippen LogP contribution is -2.27. The van der Waals surface area contributed by atoms with Gasteiger partial charge in [0.1, 0.15) is 0 Å². The van der Waals surface area contributed by atoms with E-state index in [0.717, 1.165) is 19.0 Å². The molecule has 0 aromatic heterocycles. The van der Waals surface area contributed by atoms with Crippen LogP contribution < -0.4 is 11.1 Å². The summed E-state index contributed by atoms with van der Waals surface area (Å²) in [6, 6.07) is 8.58. The minimum Gasteiger partial charge on any atom is -0.326 e. The molecule has 17 heavy (non-hydrogen) atoms. The van der Waals surface area contributed by atoms with Crippen molar-refractivity contribution >= 4 is 0 Å². The van der Waals surface area contributed by atoms with Crippen molar-refractivity contribution in [1.29, 1.82) is 0 Å². The Labute approximate surface area is 105 Å². The molecule has 1 aromatic carbocycles. The van der Waals surface area contributed by atoms with E-state index in [4.69, 9.17) is 5.73 Å². The molecule has 1 saturated carbocycles. The van der Waals surface area contributed by atoms with Crippen LogP contribution in [0.25, 0.3) is 0 Å². The number of hydrogen-bond acceptors (Lipinski definition) is 2. The summed E-state index contributed by atoms with van der Waals surface area (Å²) in [4.78, 5) is 0. The van der Waals surface area contributed by atoms with Crippen LogP contribution in [0.2, 0.25) is 0 Å². The van der Waals surface area contributed by atoms with E-state index < -0.39 is 0 Å². The number of benzene rings is 1. The lowest BCUT2D eigenvalue weighted by atomic mass is 9.92. The highest BCUT2D eigenvalue weighted by Crippen LogP contribution is 2.51. The van der Waals surface area contributed by atoms with Crippen molar-refractivity contribution in [2.24, 2.45) is 17.1 Å². The number of rotatable bonds is 6. The Hall–Kier alpha value is -0.860. The monoisotopic (exact) mass is 232 g/mol. The van der Waals surface area contributed by atoms with Crippen LogP contribution in [0.3, 0.4) is 0 Å². The van der Waals surface area contributed by atoms with Crippen LogP contribution in [-0.2, 0) is 13.1 Å². The Morgan fingerprint density at radius 1 is 1.18 bits per heavy atom. The van der Waals surface area contributed by atoms with Crippen LogP contribution in [0, 0.1) is 11.3 Å². The Bertz CT molecular complexity index is 350. The summed E-state index contributed by atoms with van der Waals surface area (Å²) in [5, 5.41) is 3.59. The first-order valence-electron chi connectivity index (χ1n) is 6.65. The third-order valence-electron chi connectivity index (χ3n) is 4.18. The van der Waals surface area contributed by atoms with E-state index in [-0.39, 0.29) is 0 Å². The molecule has 1 aliphatic rings. The van der Waals surface area contributed by atoms with E-state index in [0.29, 0.717) is 12.0 Å². The Balaban J connectivity index is 1.78. The second-order valence-corrected chi connectivity index (χ2v) is 5.64. The molecule has 0 amide bonds. The highest BCUT2D eigenvalue weighted by Gasteiger charge is 2.44. The molecule has 0 bridgehead atoms. The van der Waals surface area contributed by atoms with Gasteiger partial charge in [0.25, 0.3) is 0 Å². The quantitative estimate of drug-likeness (QED) is 0.791. The number of hydrogen-bond donors (Lipinski definition) is 2. The molecule has 0 radical (unpaired) electrons. The van der Waals surface area contributed by atoms with Crippen molar-refractivity contribution < 1.29 is 0 Å². The zero-order chi connectivity index (χ0) is 12.3. The van der Waals surface area contributed by atoms with E-state index in [1.165, 1.54) is 24.0 Å². The Kier molecular flexibility index (Phi) is 3.85. The molecule has 0 heterocycles. The summed E-state index contributed by atoms with van der Waals surface area (Å²) < 4.78 is 0. The molecule has 2 rings (SSSR count). The zero-order valence-corrected chi connectivity index (χ0v) is 11.0. The molecular formula is C15H24N2. The molecule has 2 heteroatoms. The van der Waals surface area contributed by atoms with Gasteiger partial charge in [-0.2, -0.15) is 0 Å². The molecule has 1 aliphatic carbocycles. The molecule has 0 saturated heterocycles. The van der Waals surface area contributed by atoms with Gasteiger partial charge >= 0.3 is 0 Å². The molecule has 0 unspecified atom stereocenters. The first-order valence-corrected chi connectivity index (χ1v) is 6.65. The second kappa shape index (κ2) is 5.19. The average Bonchev–Trinajstić information content (AvgIpc) is 3.11. The minimum absolute atomic E-state index is 0.594. The van der Waals surface area contributed by atoms with E-state index in [2.05, 4.69) is 43.4 Å². The van der Waals surface area contributed by atoms with Crippen molar-refractivity contribution in [3.05, 3.63) is 35.4 Å². The fourth-order valence-corrected chi connectivity index (χ4v) is 2.37. The van der Waals surface area contributed by atoms with Crippen LogP contribution in [0.5, 0.6) is 0 Å². The minimum atomic E-state index is 0.594. The predicted molar refractivity (Wildman–Crippen MR) is 72.5 cm³/mol. The van der Waals surface area contributed by atoms with Gasteiger partial charge < -0.3 is 11.1 Å². The smallest absolute Gasteiger partial charge is 0.0205 e. The normalized spacial score (nSPS) is 17.4. The second-order valence-electron chi connectivity index (χ2n) is 5.64. The number of nitrogens with one attached hydrogen (secondary N) is 1. The van der Waals surface area contributed by atoms with Crippen molar-refractivity contribution in [2.45, 2.75) is 39.8 Å². The molecule has 0 spiro atoms. The summed E-state index contributed by atoms with van der Waals surface area (Å²) in [6.45, 7) is 7.43. The van der Waals surface area contributed by atoms with Gasteiger partial charge in [0, 0.05) is 19.6 Å². The van der Waals surface area contributed by atoms with E-state index in [1.807, 2.05) is 0 Å². The van der Waals surface area contributed by atoms with Crippen molar-refractivity contribution in [3.63, 3.8) is 0 Å². The summed E-state index contributed by atoms with van der Waals surface area (Å²) in [5.41, 5.74) is 8.73. The molecule has 1 aromatic rings. The van der Waals surface area contributed by atoms with Gasteiger partial charge in [0.2, 0.25) is 0 Å². The van der Waals surface area contributed by atoms with Gasteiger partial charge in [-0.25, -0.2) is 0 Å². The first kappa shape index (κ1) is 12.6. The van der Waals surface area contributed by atoms with E-state index in [1.54, 1.807) is 0 Å². The highest BCUT2D eigenvalue weighted by atomic mass is 14.9. The third-order valence-corrected chi connectivity index (χ3v) is 4.18. The van der Waals surface area contributed by atoms with E-state index >= 15 is 0 Å². The SMILES string of the molecule is CC(C)C1(CNCc2ccc(CN)cc2)CC1. The van der Waals surface area contributed by atoms with Crippen molar-refractivity contribution in [2.75, 3.05) is 6.54 Å².